The number of anilines is 2. The smallest absolute Gasteiger partial charge is 0.409 e. The van der Waals surface area contributed by atoms with E-state index < -0.39 is 15.7 Å². The fourth-order valence-corrected chi connectivity index (χ4v) is 5.59. The van der Waals surface area contributed by atoms with E-state index in [1.807, 2.05) is 13.0 Å². The highest BCUT2D eigenvalue weighted by molar-refractivity contribution is 7.90. The second-order valence-corrected chi connectivity index (χ2v) is 10.0. The van der Waals surface area contributed by atoms with E-state index in [1.54, 1.807) is 19.2 Å². The number of benzene rings is 1. The van der Waals surface area contributed by atoms with Crippen molar-refractivity contribution in [1.29, 1.82) is 0 Å². The molecule has 10 heteroatoms. The van der Waals surface area contributed by atoms with Gasteiger partial charge in [-0.25, -0.2) is 17.6 Å². The van der Waals surface area contributed by atoms with Crippen molar-refractivity contribution < 1.29 is 22.3 Å². The summed E-state index contributed by atoms with van der Waals surface area (Å²) >= 11 is 0. The molecule has 2 aliphatic rings. The first-order chi connectivity index (χ1) is 14.3. The lowest BCUT2D eigenvalue weighted by Gasteiger charge is -2.18. The van der Waals surface area contributed by atoms with Gasteiger partial charge in [-0.15, -0.1) is 0 Å². The van der Waals surface area contributed by atoms with Crippen molar-refractivity contribution in [3.05, 3.63) is 40.8 Å². The third-order valence-corrected chi connectivity index (χ3v) is 7.30. The van der Waals surface area contributed by atoms with E-state index in [0.29, 0.717) is 24.3 Å². The van der Waals surface area contributed by atoms with Crippen LogP contribution in [0.4, 0.5) is 20.7 Å². The van der Waals surface area contributed by atoms with Crippen molar-refractivity contribution >= 4 is 27.4 Å². The van der Waals surface area contributed by atoms with Gasteiger partial charge in [-0.2, -0.15) is 5.10 Å². The monoisotopic (exact) mass is 436 g/mol. The number of hydrogen-bond acceptors (Lipinski definition) is 6. The van der Waals surface area contributed by atoms with Gasteiger partial charge in [0.25, 0.3) is 0 Å². The number of H-pyrrole nitrogens is 1. The Morgan fingerprint density at radius 3 is 2.93 bits per heavy atom. The quantitative estimate of drug-likeness (QED) is 0.744. The lowest BCUT2D eigenvalue weighted by atomic mass is 10.0. The maximum atomic E-state index is 14.8. The zero-order valence-corrected chi connectivity index (χ0v) is 17.8. The molecule has 162 valence electrons. The molecule has 30 heavy (non-hydrogen) atoms. The van der Waals surface area contributed by atoms with Gasteiger partial charge in [0, 0.05) is 36.8 Å². The van der Waals surface area contributed by atoms with Crippen LogP contribution in [0.5, 0.6) is 0 Å². The normalized spacial score (nSPS) is 22.0. The SMILES string of the molecule is CCN(C)C(=O)OC1CCC(c2cc(Nc3ccc4c(c3F)CS(=O)(=O)C4)n[nH]2)C1. The maximum Gasteiger partial charge on any atom is 0.409 e. The molecule has 0 saturated heterocycles. The summed E-state index contributed by atoms with van der Waals surface area (Å²) in [4.78, 5) is 13.5. The van der Waals surface area contributed by atoms with Gasteiger partial charge in [0.2, 0.25) is 0 Å². The topological polar surface area (TPSA) is 104 Å². The second kappa shape index (κ2) is 7.90. The predicted molar refractivity (Wildman–Crippen MR) is 110 cm³/mol. The fourth-order valence-electron chi connectivity index (χ4n) is 4.00. The maximum absolute atomic E-state index is 14.8. The van der Waals surface area contributed by atoms with Crippen LogP contribution in [0.15, 0.2) is 18.2 Å². The number of aromatic nitrogens is 2. The van der Waals surface area contributed by atoms with Gasteiger partial charge in [-0.1, -0.05) is 6.07 Å². The van der Waals surface area contributed by atoms with Gasteiger partial charge >= 0.3 is 6.09 Å². The van der Waals surface area contributed by atoms with Crippen LogP contribution in [0.2, 0.25) is 0 Å². The van der Waals surface area contributed by atoms with E-state index in [1.165, 1.54) is 4.90 Å². The molecule has 1 aliphatic carbocycles. The molecule has 8 nitrogen and oxygen atoms in total. The highest BCUT2D eigenvalue weighted by Crippen LogP contribution is 2.37. The molecule has 2 atom stereocenters. The van der Waals surface area contributed by atoms with Crippen LogP contribution in [-0.4, -0.2) is 49.3 Å². The van der Waals surface area contributed by atoms with Crippen LogP contribution in [-0.2, 0) is 26.1 Å². The zero-order chi connectivity index (χ0) is 21.5. The number of aromatic amines is 1. The lowest BCUT2D eigenvalue weighted by Crippen LogP contribution is -2.30. The average Bonchev–Trinajstić information content (AvgIpc) is 3.41. The molecule has 2 aromatic rings. The Balaban J connectivity index is 1.41. The van der Waals surface area contributed by atoms with E-state index in [2.05, 4.69) is 15.5 Å². The van der Waals surface area contributed by atoms with Crippen LogP contribution < -0.4 is 5.32 Å². The number of nitrogens with zero attached hydrogens (tertiary/aromatic N) is 2. The molecule has 2 unspecified atom stereocenters. The Kier molecular flexibility index (Phi) is 5.44. The molecule has 2 N–H and O–H groups in total. The van der Waals surface area contributed by atoms with Crippen molar-refractivity contribution in [2.75, 3.05) is 18.9 Å². The summed E-state index contributed by atoms with van der Waals surface area (Å²) in [6.45, 7) is 2.48. The highest BCUT2D eigenvalue weighted by atomic mass is 32.2. The summed E-state index contributed by atoms with van der Waals surface area (Å²) in [5.74, 6) is -0.312. The van der Waals surface area contributed by atoms with Gasteiger partial charge in [-0.3, -0.25) is 5.10 Å². The lowest BCUT2D eigenvalue weighted by molar-refractivity contribution is 0.0725. The Morgan fingerprint density at radius 2 is 2.17 bits per heavy atom. The molecule has 1 aromatic heterocycles. The number of carbonyl (C=O) groups is 1. The minimum atomic E-state index is -3.27. The number of rotatable bonds is 5. The minimum absolute atomic E-state index is 0.118. The Bertz CT molecular complexity index is 1070. The molecular formula is C20H25FN4O4S. The van der Waals surface area contributed by atoms with Gasteiger partial charge in [0.1, 0.15) is 6.10 Å². The number of halogens is 1. The van der Waals surface area contributed by atoms with Crippen LogP contribution >= 0.6 is 0 Å². The van der Waals surface area contributed by atoms with E-state index >= 15 is 0 Å². The van der Waals surface area contributed by atoms with E-state index in [9.17, 15) is 17.6 Å². The number of ether oxygens (including phenoxy) is 1. The molecule has 1 aromatic carbocycles. The third kappa shape index (κ3) is 4.14. The number of hydrogen-bond donors (Lipinski definition) is 2. The van der Waals surface area contributed by atoms with Crippen LogP contribution in [0.1, 0.15) is 48.9 Å². The Labute approximate surface area is 174 Å². The number of nitrogens with one attached hydrogen (secondary N) is 2. The molecule has 0 bridgehead atoms. The summed E-state index contributed by atoms with van der Waals surface area (Å²) in [5.41, 5.74) is 1.84. The third-order valence-electron chi connectivity index (χ3n) is 5.82. The average molecular weight is 437 g/mol. The molecule has 1 saturated carbocycles. The summed E-state index contributed by atoms with van der Waals surface area (Å²) in [5, 5.41) is 10.1. The summed E-state index contributed by atoms with van der Waals surface area (Å²) in [7, 11) is -1.57. The van der Waals surface area contributed by atoms with Gasteiger partial charge < -0.3 is 15.0 Å². The molecule has 0 radical (unpaired) electrons. The number of sulfone groups is 1. The van der Waals surface area contributed by atoms with Gasteiger partial charge in [0.05, 0.1) is 17.2 Å². The van der Waals surface area contributed by atoms with Crippen molar-refractivity contribution in [2.24, 2.45) is 0 Å². The molecule has 1 fully saturated rings. The van der Waals surface area contributed by atoms with Gasteiger partial charge in [0.15, 0.2) is 21.5 Å². The largest absolute Gasteiger partial charge is 0.446 e. The van der Waals surface area contributed by atoms with Crippen molar-refractivity contribution in [1.82, 2.24) is 15.1 Å². The van der Waals surface area contributed by atoms with Crippen LogP contribution in [0.25, 0.3) is 0 Å². The van der Waals surface area contributed by atoms with E-state index in [-0.39, 0.29) is 40.9 Å². The summed E-state index contributed by atoms with van der Waals surface area (Å²) in [6.07, 6.45) is 1.90. The van der Waals surface area contributed by atoms with E-state index in [0.717, 1.165) is 18.5 Å². The zero-order valence-electron chi connectivity index (χ0n) is 16.9. The number of amides is 1. The van der Waals surface area contributed by atoms with Gasteiger partial charge in [-0.05, 0) is 37.8 Å². The first-order valence-electron chi connectivity index (χ1n) is 10.0. The number of fused-ring (bicyclic) bond motifs is 1. The van der Waals surface area contributed by atoms with Crippen molar-refractivity contribution in [2.45, 2.75) is 49.7 Å². The van der Waals surface area contributed by atoms with Crippen molar-refractivity contribution in [3.63, 3.8) is 0 Å². The Hall–Kier alpha value is -2.62. The standard InChI is InChI=1S/C20H25FN4O4S/c1-3-25(2)20(26)29-14-6-4-12(8-14)17-9-18(24-23-17)22-16-7-5-13-10-30(27,28)11-15(13)19(16)21/h5,7,9,12,14H,3-4,6,8,10-11H2,1-2H3,(H2,22,23,24). The molecule has 1 amide bonds. The molecular weight excluding hydrogens is 411 g/mol. The predicted octanol–water partition coefficient (Wildman–Crippen LogP) is 3.45. The summed E-state index contributed by atoms with van der Waals surface area (Å²) in [6, 6.07) is 5.00. The first kappa shape index (κ1) is 20.6. The van der Waals surface area contributed by atoms with Crippen LogP contribution in [0.3, 0.4) is 0 Å². The van der Waals surface area contributed by atoms with Crippen molar-refractivity contribution in [3.8, 4) is 0 Å². The minimum Gasteiger partial charge on any atom is -0.446 e. The van der Waals surface area contributed by atoms with Crippen LogP contribution in [0, 0.1) is 5.82 Å². The molecule has 4 rings (SSSR count). The van der Waals surface area contributed by atoms with E-state index in [4.69, 9.17) is 4.74 Å². The first-order valence-corrected chi connectivity index (χ1v) is 11.8. The second-order valence-electron chi connectivity index (χ2n) is 7.96. The molecule has 1 aliphatic heterocycles. The Morgan fingerprint density at radius 1 is 1.37 bits per heavy atom. The summed E-state index contributed by atoms with van der Waals surface area (Å²) < 4.78 is 43.8. The molecule has 0 spiro atoms. The highest BCUT2D eigenvalue weighted by Gasteiger charge is 2.31. The fraction of sp³-hybridized carbons (Fsp3) is 0.500. The molecule has 2 heterocycles. The number of carbonyl (C=O) groups excluding carboxylic acids is 1.